The van der Waals surface area contributed by atoms with E-state index in [4.69, 9.17) is 14.2 Å². The number of esters is 3. The molecular formula is C55H88O6. The van der Waals surface area contributed by atoms with Crippen molar-refractivity contribution in [3.8, 4) is 0 Å². The van der Waals surface area contributed by atoms with Crippen molar-refractivity contribution in [2.45, 2.75) is 207 Å². The lowest BCUT2D eigenvalue weighted by molar-refractivity contribution is -0.167. The van der Waals surface area contributed by atoms with Crippen molar-refractivity contribution in [3.05, 3.63) is 109 Å². The van der Waals surface area contributed by atoms with Crippen LogP contribution >= 0.6 is 0 Å². The highest BCUT2D eigenvalue weighted by molar-refractivity contribution is 5.71. The maximum absolute atomic E-state index is 12.8. The maximum Gasteiger partial charge on any atom is 0.306 e. The van der Waals surface area contributed by atoms with Crippen molar-refractivity contribution in [2.75, 3.05) is 13.2 Å². The molecule has 0 aromatic carbocycles. The van der Waals surface area contributed by atoms with E-state index >= 15 is 0 Å². The van der Waals surface area contributed by atoms with Crippen LogP contribution in [0.15, 0.2) is 109 Å². The molecule has 1 atom stereocenters. The fourth-order valence-corrected chi connectivity index (χ4v) is 6.26. The maximum atomic E-state index is 12.8. The molecular weight excluding hydrogens is 757 g/mol. The van der Waals surface area contributed by atoms with Gasteiger partial charge in [0.1, 0.15) is 13.2 Å². The summed E-state index contributed by atoms with van der Waals surface area (Å²) in [7, 11) is 0. The van der Waals surface area contributed by atoms with Crippen LogP contribution in [0.3, 0.4) is 0 Å². The summed E-state index contributed by atoms with van der Waals surface area (Å²) in [6, 6.07) is 0. The molecule has 0 aromatic rings. The van der Waals surface area contributed by atoms with E-state index in [0.717, 1.165) is 96.3 Å². The van der Waals surface area contributed by atoms with E-state index in [1.165, 1.54) is 64.2 Å². The van der Waals surface area contributed by atoms with E-state index in [9.17, 15) is 14.4 Å². The third-order valence-electron chi connectivity index (χ3n) is 9.93. The predicted octanol–water partition coefficient (Wildman–Crippen LogP) is 16.0. The predicted molar refractivity (Wildman–Crippen MR) is 260 cm³/mol. The lowest BCUT2D eigenvalue weighted by atomic mass is 10.1. The van der Waals surface area contributed by atoms with Gasteiger partial charge in [-0.3, -0.25) is 14.4 Å². The second-order valence-electron chi connectivity index (χ2n) is 15.8. The molecule has 344 valence electrons. The third kappa shape index (κ3) is 47.0. The molecule has 0 rings (SSSR count). The Morgan fingerprint density at radius 1 is 0.344 bits per heavy atom. The molecule has 0 radical (unpaired) electrons. The lowest BCUT2D eigenvalue weighted by Crippen LogP contribution is -2.30. The largest absolute Gasteiger partial charge is 0.462 e. The molecule has 0 aliphatic rings. The van der Waals surface area contributed by atoms with E-state index in [2.05, 4.69) is 93.7 Å². The molecule has 0 N–H and O–H groups in total. The first kappa shape index (κ1) is 57.1. The van der Waals surface area contributed by atoms with Gasteiger partial charge in [-0.05, 0) is 83.5 Å². The first-order valence-corrected chi connectivity index (χ1v) is 24.5. The molecule has 0 saturated heterocycles. The van der Waals surface area contributed by atoms with Crippen molar-refractivity contribution in [3.63, 3.8) is 0 Å². The molecule has 0 aliphatic carbocycles. The minimum absolute atomic E-state index is 0.105. The highest BCUT2D eigenvalue weighted by atomic mass is 16.6. The van der Waals surface area contributed by atoms with Gasteiger partial charge in [-0.25, -0.2) is 0 Å². The highest BCUT2D eigenvalue weighted by Crippen LogP contribution is 2.13. The Kier molecular flexibility index (Phi) is 45.6. The van der Waals surface area contributed by atoms with Crippen LogP contribution in [0.4, 0.5) is 0 Å². The fraction of sp³-hybridized carbons (Fsp3) is 0.618. The van der Waals surface area contributed by atoms with Gasteiger partial charge in [-0.1, -0.05) is 207 Å². The molecule has 0 bridgehead atoms. The van der Waals surface area contributed by atoms with Crippen LogP contribution in [-0.2, 0) is 28.6 Å². The van der Waals surface area contributed by atoms with Crippen molar-refractivity contribution >= 4 is 17.9 Å². The number of rotatable bonds is 42. The number of carbonyl (C=O) groups excluding carboxylic acids is 3. The number of unbranched alkanes of at least 4 members (excludes halogenated alkanes) is 19. The van der Waals surface area contributed by atoms with Crippen LogP contribution in [0, 0.1) is 0 Å². The molecule has 0 spiro atoms. The summed E-state index contributed by atoms with van der Waals surface area (Å²) in [5, 5.41) is 0. The summed E-state index contributed by atoms with van der Waals surface area (Å²) >= 11 is 0. The molecule has 0 aromatic heterocycles. The second kappa shape index (κ2) is 48.7. The van der Waals surface area contributed by atoms with Crippen LogP contribution < -0.4 is 0 Å². The van der Waals surface area contributed by atoms with Crippen LogP contribution in [0.2, 0.25) is 0 Å². The molecule has 6 heteroatoms. The van der Waals surface area contributed by atoms with Gasteiger partial charge >= 0.3 is 17.9 Å². The number of allylic oxidation sites excluding steroid dienone is 18. The van der Waals surface area contributed by atoms with E-state index in [0.29, 0.717) is 19.3 Å². The standard InChI is InChI=1S/C55H88O6/c1-4-7-10-13-16-19-22-25-27-30-33-36-39-42-45-48-54(57)60-51-52(50-59-53(56)47-44-41-38-35-32-29-24-21-18-15-12-9-6-3)61-55(58)49-46-43-40-37-34-31-28-26-23-20-17-14-11-8-5-2/h7,9-10,12-13,15-24,26,29,32,52H,4-6,8,11,14,25,27-28,30-31,33-51H2,1-3H3/b10-7+,12-9+,16-13+,18-15+,20-17+,22-19+,24-21+,26-23+,32-29+. The Bertz CT molecular complexity index is 1290. The fourth-order valence-electron chi connectivity index (χ4n) is 6.26. The second-order valence-corrected chi connectivity index (χ2v) is 15.8. The number of carbonyl (C=O) groups is 3. The van der Waals surface area contributed by atoms with E-state index in [1.54, 1.807) is 0 Å². The Balaban J connectivity index is 4.50. The first-order chi connectivity index (χ1) is 30.0. The van der Waals surface area contributed by atoms with Crippen molar-refractivity contribution < 1.29 is 28.6 Å². The van der Waals surface area contributed by atoms with Crippen LogP contribution in [-0.4, -0.2) is 37.2 Å². The zero-order chi connectivity index (χ0) is 44.4. The van der Waals surface area contributed by atoms with Crippen molar-refractivity contribution in [1.29, 1.82) is 0 Å². The smallest absolute Gasteiger partial charge is 0.306 e. The Hall–Kier alpha value is -3.93. The third-order valence-corrected chi connectivity index (χ3v) is 9.93. The molecule has 1 unspecified atom stereocenters. The van der Waals surface area contributed by atoms with Crippen molar-refractivity contribution in [2.24, 2.45) is 0 Å². The van der Waals surface area contributed by atoms with E-state index in [1.807, 2.05) is 36.5 Å². The molecule has 0 amide bonds. The highest BCUT2D eigenvalue weighted by Gasteiger charge is 2.19. The molecule has 0 fully saturated rings. The van der Waals surface area contributed by atoms with Crippen LogP contribution in [0.1, 0.15) is 201 Å². The average Bonchev–Trinajstić information content (AvgIpc) is 3.26. The zero-order valence-corrected chi connectivity index (χ0v) is 39.1. The van der Waals surface area contributed by atoms with Gasteiger partial charge in [-0.15, -0.1) is 0 Å². The molecule has 6 nitrogen and oxygen atoms in total. The monoisotopic (exact) mass is 845 g/mol. The topological polar surface area (TPSA) is 78.9 Å². The molecule has 0 aliphatic heterocycles. The molecule has 0 saturated carbocycles. The van der Waals surface area contributed by atoms with Gasteiger partial charge in [0.25, 0.3) is 0 Å². The summed E-state index contributed by atoms with van der Waals surface area (Å²) in [5.74, 6) is -0.976. The Labute approximate surface area is 374 Å². The van der Waals surface area contributed by atoms with Crippen LogP contribution in [0.25, 0.3) is 0 Å². The SMILES string of the molecule is CC/C=C/C=C/C=C/C=C/CCCCCC(=O)OCC(COC(=O)CCCCCCCCC/C=C/C=C/C=C/CC)OC(=O)CCCCCCCC/C=C/C=C/CCCCC. The minimum Gasteiger partial charge on any atom is -0.462 e. The lowest BCUT2D eigenvalue weighted by Gasteiger charge is -2.18. The van der Waals surface area contributed by atoms with E-state index < -0.39 is 6.10 Å². The van der Waals surface area contributed by atoms with Crippen molar-refractivity contribution in [1.82, 2.24) is 0 Å². The van der Waals surface area contributed by atoms with Gasteiger partial charge in [-0.2, -0.15) is 0 Å². The van der Waals surface area contributed by atoms with E-state index in [-0.39, 0.29) is 31.1 Å². The summed E-state index contributed by atoms with van der Waals surface area (Å²) in [4.78, 5) is 37.9. The number of ether oxygens (including phenoxy) is 3. The zero-order valence-electron chi connectivity index (χ0n) is 39.1. The van der Waals surface area contributed by atoms with Gasteiger partial charge in [0.2, 0.25) is 0 Å². The van der Waals surface area contributed by atoms with Gasteiger partial charge < -0.3 is 14.2 Å². The summed E-state index contributed by atoms with van der Waals surface area (Å²) in [6.45, 7) is 6.26. The normalized spacial score (nSPS) is 13.0. The van der Waals surface area contributed by atoms with Gasteiger partial charge in [0.15, 0.2) is 6.10 Å². The summed E-state index contributed by atoms with van der Waals surface area (Å²) < 4.78 is 16.7. The summed E-state index contributed by atoms with van der Waals surface area (Å²) in [6.07, 6.45) is 64.9. The minimum atomic E-state index is -0.806. The average molecular weight is 845 g/mol. The summed E-state index contributed by atoms with van der Waals surface area (Å²) in [5.41, 5.74) is 0. The Morgan fingerprint density at radius 2 is 0.639 bits per heavy atom. The molecule has 0 heterocycles. The van der Waals surface area contributed by atoms with Gasteiger partial charge in [0.05, 0.1) is 0 Å². The molecule has 61 heavy (non-hydrogen) atoms. The van der Waals surface area contributed by atoms with Crippen LogP contribution in [0.5, 0.6) is 0 Å². The first-order valence-electron chi connectivity index (χ1n) is 24.5. The van der Waals surface area contributed by atoms with Gasteiger partial charge in [0, 0.05) is 19.3 Å². The number of hydrogen-bond donors (Lipinski definition) is 0. The Morgan fingerprint density at radius 3 is 1.03 bits per heavy atom. The number of hydrogen-bond acceptors (Lipinski definition) is 6. The quantitative estimate of drug-likeness (QED) is 0.0264.